The molecule has 0 saturated carbocycles. The van der Waals surface area contributed by atoms with Gasteiger partial charge in [-0.2, -0.15) is 0 Å². The predicted molar refractivity (Wildman–Crippen MR) is 103 cm³/mol. The standard InChI is InChI=1S/C17H24N6O3.ClH/c1-20-9-18-15-14(20)16(25)23(17(26)22(15)3)8-13(24)21(2)12-6-10-4-5-11(7-12)19-10;/h9-12,19H,4-8H2,1-3H3;1H. The van der Waals surface area contributed by atoms with Gasteiger partial charge in [-0.05, 0) is 25.7 Å². The van der Waals surface area contributed by atoms with Crippen LogP contribution in [0.4, 0.5) is 0 Å². The molecule has 1 amide bonds. The number of aromatic nitrogens is 4. The van der Waals surface area contributed by atoms with Crippen LogP contribution in [0.5, 0.6) is 0 Å². The van der Waals surface area contributed by atoms with Crippen molar-refractivity contribution < 1.29 is 4.79 Å². The maximum atomic E-state index is 12.8. The van der Waals surface area contributed by atoms with Crippen LogP contribution in [0.1, 0.15) is 25.7 Å². The number of nitrogens with zero attached hydrogens (tertiary/aromatic N) is 5. The minimum atomic E-state index is -0.520. The molecule has 2 aliphatic heterocycles. The smallest absolute Gasteiger partial charge is 0.332 e. The zero-order chi connectivity index (χ0) is 18.6. The Morgan fingerprint density at radius 2 is 1.89 bits per heavy atom. The molecule has 4 rings (SSSR count). The van der Waals surface area contributed by atoms with Gasteiger partial charge in [0, 0.05) is 39.3 Å². The number of carbonyl (C=O) groups excluding carboxylic acids is 1. The van der Waals surface area contributed by atoms with Crippen molar-refractivity contribution in [2.75, 3.05) is 7.05 Å². The summed E-state index contributed by atoms with van der Waals surface area (Å²) in [5.74, 6) is -0.211. The molecule has 10 heteroatoms. The van der Waals surface area contributed by atoms with Gasteiger partial charge in [0.15, 0.2) is 11.2 Å². The third-order valence-electron chi connectivity index (χ3n) is 5.88. The molecular formula is C17H25ClN6O3. The molecule has 2 fully saturated rings. The number of hydrogen-bond acceptors (Lipinski definition) is 5. The molecule has 148 valence electrons. The summed E-state index contributed by atoms with van der Waals surface area (Å²) in [7, 11) is 5.03. The first-order valence-electron chi connectivity index (χ1n) is 8.99. The van der Waals surface area contributed by atoms with Gasteiger partial charge in [-0.3, -0.25) is 14.2 Å². The lowest BCUT2D eigenvalue weighted by atomic mass is 9.98. The second-order valence-corrected chi connectivity index (χ2v) is 7.53. The largest absolute Gasteiger partial charge is 0.341 e. The van der Waals surface area contributed by atoms with E-state index in [0.717, 1.165) is 30.3 Å². The zero-order valence-electron chi connectivity index (χ0n) is 15.7. The van der Waals surface area contributed by atoms with Gasteiger partial charge in [0.2, 0.25) is 5.91 Å². The average molecular weight is 397 g/mol. The first-order chi connectivity index (χ1) is 12.4. The van der Waals surface area contributed by atoms with Crippen LogP contribution in [0.15, 0.2) is 15.9 Å². The van der Waals surface area contributed by atoms with Crippen LogP contribution in [0.2, 0.25) is 0 Å². The van der Waals surface area contributed by atoms with Crippen molar-refractivity contribution in [2.45, 2.75) is 50.4 Å². The molecule has 0 spiro atoms. The molecular weight excluding hydrogens is 372 g/mol. The molecule has 2 aromatic heterocycles. The Hall–Kier alpha value is -2.13. The van der Waals surface area contributed by atoms with Crippen LogP contribution in [0, 0.1) is 0 Å². The van der Waals surface area contributed by atoms with Crippen molar-refractivity contribution in [3.8, 4) is 0 Å². The van der Waals surface area contributed by atoms with Crippen molar-refractivity contribution in [1.29, 1.82) is 0 Å². The zero-order valence-corrected chi connectivity index (χ0v) is 16.5. The summed E-state index contributed by atoms with van der Waals surface area (Å²) in [5.41, 5.74) is -0.347. The highest BCUT2D eigenvalue weighted by atomic mass is 35.5. The van der Waals surface area contributed by atoms with Crippen LogP contribution >= 0.6 is 12.4 Å². The van der Waals surface area contributed by atoms with Crippen LogP contribution in [0.3, 0.4) is 0 Å². The predicted octanol–water partition coefficient (Wildman–Crippen LogP) is -0.403. The third kappa shape index (κ3) is 3.19. The highest BCUT2D eigenvalue weighted by Gasteiger charge is 2.36. The van der Waals surface area contributed by atoms with Crippen LogP contribution in [0.25, 0.3) is 11.2 Å². The monoisotopic (exact) mass is 396 g/mol. The number of fused-ring (bicyclic) bond motifs is 3. The molecule has 0 aliphatic carbocycles. The Morgan fingerprint density at radius 3 is 2.52 bits per heavy atom. The summed E-state index contributed by atoms with van der Waals surface area (Å²) in [6.07, 6.45) is 5.65. The number of aryl methyl sites for hydroxylation is 2. The fraction of sp³-hybridized carbons (Fsp3) is 0.647. The number of rotatable bonds is 3. The normalized spacial score (nSPS) is 24.0. The lowest BCUT2D eigenvalue weighted by Gasteiger charge is -2.35. The SMILES string of the molecule is CN(C(=O)Cn1c(=O)c2c(ncn2C)n(C)c1=O)C1CC2CCC(C1)N2.Cl. The molecule has 0 aromatic carbocycles. The van der Waals surface area contributed by atoms with Gasteiger partial charge in [0.25, 0.3) is 5.56 Å². The van der Waals surface area contributed by atoms with E-state index in [1.165, 1.54) is 10.9 Å². The minimum absolute atomic E-state index is 0. The summed E-state index contributed by atoms with van der Waals surface area (Å²) in [6, 6.07) is 1.09. The van der Waals surface area contributed by atoms with Gasteiger partial charge in [0.05, 0.1) is 6.33 Å². The van der Waals surface area contributed by atoms with Gasteiger partial charge < -0.3 is 14.8 Å². The van der Waals surface area contributed by atoms with Crippen molar-refractivity contribution in [3.63, 3.8) is 0 Å². The number of piperidine rings is 1. The fourth-order valence-corrected chi connectivity index (χ4v) is 4.33. The fourth-order valence-electron chi connectivity index (χ4n) is 4.33. The van der Waals surface area contributed by atoms with E-state index in [2.05, 4.69) is 10.3 Å². The number of amides is 1. The number of likely N-dealkylation sites (N-methyl/N-ethyl adjacent to an activating group) is 1. The van der Waals surface area contributed by atoms with E-state index in [9.17, 15) is 14.4 Å². The first kappa shape index (κ1) is 19.6. The molecule has 2 saturated heterocycles. The molecule has 2 unspecified atom stereocenters. The molecule has 2 bridgehead atoms. The number of imidazole rings is 1. The Balaban J connectivity index is 0.00000210. The number of carbonyl (C=O) groups is 1. The van der Waals surface area contributed by atoms with E-state index in [4.69, 9.17) is 0 Å². The Labute approximate surface area is 162 Å². The Morgan fingerprint density at radius 1 is 1.26 bits per heavy atom. The number of nitrogens with one attached hydrogen (secondary N) is 1. The van der Waals surface area contributed by atoms with Gasteiger partial charge in [-0.1, -0.05) is 0 Å². The van der Waals surface area contributed by atoms with Crippen LogP contribution < -0.4 is 16.6 Å². The van der Waals surface area contributed by atoms with Crippen molar-refractivity contribution in [1.82, 2.24) is 28.9 Å². The molecule has 4 heterocycles. The summed E-state index contributed by atoms with van der Waals surface area (Å²) < 4.78 is 3.90. The molecule has 9 nitrogen and oxygen atoms in total. The molecule has 2 aliphatic rings. The van der Waals surface area contributed by atoms with Gasteiger partial charge in [0.1, 0.15) is 6.54 Å². The summed E-state index contributed by atoms with van der Waals surface area (Å²) in [4.78, 5) is 43.9. The summed E-state index contributed by atoms with van der Waals surface area (Å²) in [5, 5.41) is 3.56. The lowest BCUT2D eigenvalue weighted by Crippen LogP contribution is -2.51. The quantitative estimate of drug-likeness (QED) is 0.761. The highest BCUT2D eigenvalue weighted by molar-refractivity contribution is 5.85. The van der Waals surface area contributed by atoms with E-state index < -0.39 is 11.2 Å². The first-order valence-corrected chi connectivity index (χ1v) is 8.99. The van der Waals surface area contributed by atoms with Crippen LogP contribution in [-0.4, -0.2) is 54.7 Å². The minimum Gasteiger partial charge on any atom is -0.341 e. The van der Waals surface area contributed by atoms with Crippen molar-refractivity contribution >= 4 is 29.5 Å². The molecule has 0 radical (unpaired) electrons. The maximum Gasteiger partial charge on any atom is 0.332 e. The molecule has 2 aromatic rings. The topological polar surface area (TPSA) is 94.2 Å². The summed E-state index contributed by atoms with van der Waals surface area (Å²) in [6.45, 7) is -0.248. The van der Waals surface area contributed by atoms with E-state index >= 15 is 0 Å². The van der Waals surface area contributed by atoms with Gasteiger partial charge in [-0.25, -0.2) is 14.3 Å². The van der Waals surface area contributed by atoms with Crippen molar-refractivity contribution in [3.05, 3.63) is 27.2 Å². The third-order valence-corrected chi connectivity index (χ3v) is 5.88. The molecule has 27 heavy (non-hydrogen) atoms. The van der Waals surface area contributed by atoms with Crippen molar-refractivity contribution in [2.24, 2.45) is 14.1 Å². The number of hydrogen-bond donors (Lipinski definition) is 1. The maximum absolute atomic E-state index is 12.8. The van der Waals surface area contributed by atoms with E-state index in [0.29, 0.717) is 23.2 Å². The Kier molecular flexibility index (Phi) is 5.18. The van der Waals surface area contributed by atoms with E-state index in [1.54, 1.807) is 30.6 Å². The molecule has 1 N–H and O–H groups in total. The molecule has 2 atom stereocenters. The number of halogens is 1. The lowest BCUT2D eigenvalue weighted by molar-refractivity contribution is -0.133. The second kappa shape index (κ2) is 7.12. The second-order valence-electron chi connectivity index (χ2n) is 7.53. The van der Waals surface area contributed by atoms with Gasteiger partial charge >= 0.3 is 5.69 Å². The Bertz CT molecular complexity index is 981. The highest BCUT2D eigenvalue weighted by Crippen LogP contribution is 2.29. The van der Waals surface area contributed by atoms with E-state index in [1.807, 2.05) is 0 Å². The summed E-state index contributed by atoms with van der Waals surface area (Å²) >= 11 is 0. The van der Waals surface area contributed by atoms with Gasteiger partial charge in [-0.15, -0.1) is 12.4 Å². The average Bonchev–Trinajstić information content (AvgIpc) is 3.17. The van der Waals surface area contributed by atoms with Crippen LogP contribution in [-0.2, 0) is 25.4 Å². The van der Waals surface area contributed by atoms with E-state index in [-0.39, 0.29) is 30.9 Å².